The fraction of sp³-hybridized carbons (Fsp3) is 0. The highest BCUT2D eigenvalue weighted by atomic mass is 35.5. The van der Waals surface area contributed by atoms with Crippen LogP contribution in [-0.2, 0) is 0 Å². The van der Waals surface area contributed by atoms with Crippen molar-refractivity contribution in [1.82, 2.24) is 10.2 Å². The highest BCUT2D eigenvalue weighted by molar-refractivity contribution is 5.85. The Morgan fingerprint density at radius 3 is 2.36 bits per heavy atom. The molecule has 64 valence electrons. The van der Waals surface area contributed by atoms with Gasteiger partial charge in [-0.05, 0) is 6.07 Å². The number of hydrogen-bond donors (Lipinski definition) is 3. The maximum Gasteiger partial charge on any atom is 0.185 e. The molecule has 11 heavy (non-hydrogen) atoms. The number of hydrogen-bond acceptors (Lipinski definition) is 5. The van der Waals surface area contributed by atoms with Crippen LogP contribution in [0.1, 0.15) is 0 Å². The number of hydrazine groups is 1. The number of aromatic nitrogens is 2. The van der Waals surface area contributed by atoms with Gasteiger partial charge in [0, 0.05) is 0 Å². The molecule has 1 heterocycles. The predicted molar refractivity (Wildman–Crippen MR) is 48.8 cm³/mol. The fourth-order valence-corrected chi connectivity index (χ4v) is 0.454. The third kappa shape index (κ3) is 3.22. The lowest BCUT2D eigenvalue weighted by molar-refractivity contribution is 1.02. The first-order valence-corrected chi connectivity index (χ1v) is 2.38. The monoisotopic (exact) mass is 197 g/mol. The average molecular weight is 198 g/mol. The van der Waals surface area contributed by atoms with Gasteiger partial charge in [0.2, 0.25) is 0 Å². The summed E-state index contributed by atoms with van der Waals surface area (Å²) in [5.41, 5.74) is 8.18. The number of nitrogens with one attached hydrogen (secondary N) is 1. The number of nitrogen functional groups attached to an aromatic ring is 2. The Balaban J connectivity index is 0. The van der Waals surface area contributed by atoms with E-state index in [1.54, 1.807) is 6.07 Å². The summed E-state index contributed by atoms with van der Waals surface area (Å²) in [6.07, 6.45) is 1.50. The van der Waals surface area contributed by atoms with Crippen molar-refractivity contribution in [2.24, 2.45) is 5.84 Å². The van der Waals surface area contributed by atoms with Crippen molar-refractivity contribution in [2.45, 2.75) is 0 Å². The smallest absolute Gasteiger partial charge is 0.185 e. The summed E-state index contributed by atoms with van der Waals surface area (Å²) in [6, 6.07) is 1.61. The molecule has 7 heteroatoms. The summed E-state index contributed by atoms with van der Waals surface area (Å²) >= 11 is 0. The number of anilines is 2. The number of rotatable bonds is 1. The first kappa shape index (κ1) is 12.9. The third-order valence-electron chi connectivity index (χ3n) is 0.889. The maximum atomic E-state index is 5.39. The van der Waals surface area contributed by atoms with Crippen molar-refractivity contribution in [2.75, 3.05) is 11.2 Å². The zero-order chi connectivity index (χ0) is 6.69. The summed E-state index contributed by atoms with van der Waals surface area (Å²) in [7, 11) is 0. The van der Waals surface area contributed by atoms with Crippen molar-refractivity contribution < 1.29 is 0 Å². The lowest BCUT2D eigenvalue weighted by Gasteiger charge is -1.98. The van der Waals surface area contributed by atoms with Gasteiger partial charge in [-0.2, -0.15) is 5.10 Å². The van der Waals surface area contributed by atoms with Crippen LogP contribution in [0.4, 0.5) is 11.5 Å². The van der Waals surface area contributed by atoms with E-state index in [0.717, 1.165) is 0 Å². The van der Waals surface area contributed by atoms with E-state index in [4.69, 9.17) is 11.6 Å². The molecule has 0 aliphatic rings. The molecule has 1 rings (SSSR count). The molecule has 0 saturated heterocycles. The summed E-state index contributed by atoms with van der Waals surface area (Å²) in [5, 5.41) is 7.13. The van der Waals surface area contributed by atoms with Gasteiger partial charge in [-0.3, -0.25) is 0 Å². The quantitative estimate of drug-likeness (QED) is 0.442. The summed E-state index contributed by atoms with van der Waals surface area (Å²) in [5.74, 6) is 5.42. The molecule has 0 fully saturated rings. The van der Waals surface area contributed by atoms with E-state index in [1.807, 2.05) is 0 Å². The molecule has 1 aromatic rings. The molecule has 0 aliphatic heterocycles. The standard InChI is InChI=1S/C4H7N5.2ClH/c5-3-1-2-7-9-4(3)8-6;;/h1-2H,6H2,(H2,5,7)(H,8,9);2*1H. The zero-order valence-electron chi connectivity index (χ0n) is 5.52. The molecule has 5 nitrogen and oxygen atoms in total. The second-order valence-corrected chi connectivity index (χ2v) is 1.48. The number of nitrogens with zero attached hydrogens (tertiary/aromatic N) is 2. The van der Waals surface area contributed by atoms with Crippen molar-refractivity contribution >= 4 is 36.3 Å². The molecule has 0 bridgehead atoms. The third-order valence-corrected chi connectivity index (χ3v) is 0.889. The Bertz CT molecular complexity index is 205. The van der Waals surface area contributed by atoms with E-state index in [1.165, 1.54) is 6.20 Å². The van der Waals surface area contributed by atoms with Crippen molar-refractivity contribution in [3.05, 3.63) is 12.3 Å². The van der Waals surface area contributed by atoms with Gasteiger partial charge in [0.1, 0.15) is 0 Å². The Kier molecular flexibility index (Phi) is 6.97. The van der Waals surface area contributed by atoms with Gasteiger partial charge in [0.05, 0.1) is 11.9 Å². The molecule has 5 N–H and O–H groups in total. The van der Waals surface area contributed by atoms with Crippen molar-refractivity contribution in [3.63, 3.8) is 0 Å². The topological polar surface area (TPSA) is 89.8 Å². The normalized spacial score (nSPS) is 7.36. The van der Waals surface area contributed by atoms with Crippen molar-refractivity contribution in [3.8, 4) is 0 Å². The van der Waals surface area contributed by atoms with Crippen LogP contribution >= 0.6 is 24.8 Å². The van der Waals surface area contributed by atoms with E-state index in [0.29, 0.717) is 11.5 Å². The Morgan fingerprint density at radius 2 is 2.00 bits per heavy atom. The van der Waals surface area contributed by atoms with Crippen LogP contribution in [0.2, 0.25) is 0 Å². The van der Waals surface area contributed by atoms with Gasteiger partial charge in [-0.15, -0.1) is 29.9 Å². The van der Waals surface area contributed by atoms with E-state index in [9.17, 15) is 0 Å². The Hall–Kier alpha value is -0.780. The number of halogens is 2. The van der Waals surface area contributed by atoms with Crippen LogP contribution in [0.5, 0.6) is 0 Å². The van der Waals surface area contributed by atoms with Crippen LogP contribution in [0, 0.1) is 0 Å². The SMILES string of the molecule is Cl.Cl.NNc1nnccc1N. The summed E-state index contributed by atoms with van der Waals surface area (Å²) in [6.45, 7) is 0. The predicted octanol–water partition coefficient (Wildman–Crippen LogP) is 0.188. The minimum absolute atomic E-state index is 0. The van der Waals surface area contributed by atoms with Gasteiger partial charge in [-0.1, -0.05) is 0 Å². The highest BCUT2D eigenvalue weighted by Gasteiger charge is 1.93. The van der Waals surface area contributed by atoms with Crippen LogP contribution in [0.15, 0.2) is 12.3 Å². The lowest BCUT2D eigenvalue weighted by Crippen LogP contribution is -2.11. The summed E-state index contributed by atoms with van der Waals surface area (Å²) < 4.78 is 0. The van der Waals surface area contributed by atoms with E-state index < -0.39 is 0 Å². The molecule has 0 amide bonds. The van der Waals surface area contributed by atoms with Crippen LogP contribution in [0.3, 0.4) is 0 Å². The molecule has 0 saturated carbocycles. The summed E-state index contributed by atoms with van der Waals surface area (Å²) in [4.78, 5) is 0. The van der Waals surface area contributed by atoms with E-state index in [2.05, 4.69) is 15.6 Å². The first-order valence-electron chi connectivity index (χ1n) is 2.38. The molecule has 0 radical (unpaired) electrons. The van der Waals surface area contributed by atoms with Gasteiger partial charge in [-0.25, -0.2) is 5.84 Å². The molecular weight excluding hydrogens is 189 g/mol. The second-order valence-electron chi connectivity index (χ2n) is 1.48. The van der Waals surface area contributed by atoms with Gasteiger partial charge >= 0.3 is 0 Å². The van der Waals surface area contributed by atoms with E-state index in [-0.39, 0.29) is 24.8 Å². The fourth-order valence-electron chi connectivity index (χ4n) is 0.454. The highest BCUT2D eigenvalue weighted by Crippen LogP contribution is 2.08. The van der Waals surface area contributed by atoms with Gasteiger partial charge in [0.15, 0.2) is 5.82 Å². The molecular formula is C4H9Cl2N5. The molecule has 0 aromatic carbocycles. The lowest BCUT2D eigenvalue weighted by atomic mass is 10.4. The minimum atomic E-state index is 0. The van der Waals surface area contributed by atoms with Crippen LogP contribution < -0.4 is 17.0 Å². The average Bonchev–Trinajstić information content (AvgIpc) is 1.89. The number of nitrogens with two attached hydrogens (primary N) is 2. The maximum absolute atomic E-state index is 5.39. The first-order chi connectivity index (χ1) is 4.34. The van der Waals surface area contributed by atoms with Crippen LogP contribution in [0.25, 0.3) is 0 Å². The zero-order valence-corrected chi connectivity index (χ0v) is 7.15. The van der Waals surface area contributed by atoms with Crippen molar-refractivity contribution in [1.29, 1.82) is 0 Å². The van der Waals surface area contributed by atoms with E-state index >= 15 is 0 Å². The second kappa shape index (κ2) is 5.96. The Morgan fingerprint density at radius 1 is 1.36 bits per heavy atom. The molecule has 0 unspecified atom stereocenters. The van der Waals surface area contributed by atoms with Crippen LogP contribution in [-0.4, -0.2) is 10.2 Å². The molecule has 0 aliphatic carbocycles. The molecule has 0 atom stereocenters. The molecule has 1 aromatic heterocycles. The Labute approximate surface area is 76.3 Å². The minimum Gasteiger partial charge on any atom is -0.396 e. The largest absolute Gasteiger partial charge is 0.396 e. The van der Waals surface area contributed by atoms with Gasteiger partial charge in [0.25, 0.3) is 0 Å². The van der Waals surface area contributed by atoms with Gasteiger partial charge < -0.3 is 11.2 Å². The molecule has 0 spiro atoms.